The zero-order valence-corrected chi connectivity index (χ0v) is 25.9. The molecule has 3 aromatic rings. The van der Waals surface area contributed by atoms with E-state index in [1.165, 1.54) is 17.1 Å². The van der Waals surface area contributed by atoms with Crippen molar-refractivity contribution in [3.05, 3.63) is 82.2 Å². The van der Waals surface area contributed by atoms with Gasteiger partial charge >= 0.3 is 17.5 Å². The van der Waals surface area contributed by atoms with E-state index in [0.717, 1.165) is 44.8 Å². The summed E-state index contributed by atoms with van der Waals surface area (Å²) in [4.78, 5) is 16.9. The highest BCUT2D eigenvalue weighted by Crippen LogP contribution is 2.41. The molecule has 0 amide bonds. The average molecular weight is 647 g/mol. The third-order valence-corrected chi connectivity index (χ3v) is 7.43. The first kappa shape index (κ1) is 34.6. The third-order valence-electron chi connectivity index (χ3n) is 6.86. The number of nitrogens with zero attached hydrogens (tertiary/aromatic N) is 4. The van der Waals surface area contributed by atoms with E-state index in [2.05, 4.69) is 0 Å². The SMILES string of the molecule is Cc1cc(C)c(N2CCN(c3c(C)cc(C)cc3C)C2=C(C(=O)C(F)(F)F)n2cc[n+](C)c2)c(C)c1.O=S(=O)([O-])C(F)(F)F. The first-order valence-corrected chi connectivity index (χ1v) is 14.6. The molecule has 1 aromatic heterocycles. The van der Waals surface area contributed by atoms with Crippen molar-refractivity contribution in [3.63, 3.8) is 0 Å². The summed E-state index contributed by atoms with van der Waals surface area (Å²) in [5.74, 6) is -1.64. The Morgan fingerprint density at radius 3 is 1.43 bits per heavy atom. The van der Waals surface area contributed by atoms with Crippen molar-refractivity contribution in [1.29, 1.82) is 0 Å². The minimum Gasteiger partial charge on any atom is -0.741 e. The van der Waals surface area contributed by atoms with Crippen LogP contribution in [0.2, 0.25) is 0 Å². The molecule has 0 bridgehead atoms. The number of imidazole rings is 1. The monoisotopic (exact) mass is 646 g/mol. The summed E-state index contributed by atoms with van der Waals surface area (Å²) >= 11 is 0. The molecule has 2 heterocycles. The normalized spacial score (nSPS) is 14.1. The van der Waals surface area contributed by atoms with Crippen LogP contribution in [0, 0.1) is 41.5 Å². The molecule has 0 spiro atoms. The first-order valence-electron chi connectivity index (χ1n) is 13.2. The lowest BCUT2D eigenvalue weighted by atomic mass is 10.0. The van der Waals surface area contributed by atoms with Gasteiger partial charge in [0.15, 0.2) is 15.9 Å². The molecule has 0 atom stereocenters. The second-order valence-corrected chi connectivity index (χ2v) is 12.1. The number of carbonyl (C=O) groups excluding carboxylic acids is 1. The number of carbonyl (C=O) groups is 1. The number of allylic oxidation sites excluding steroid dienone is 1. The Balaban J connectivity index is 0.000000583. The van der Waals surface area contributed by atoms with Crippen molar-refractivity contribution in [2.45, 2.75) is 53.2 Å². The summed E-state index contributed by atoms with van der Waals surface area (Å²) in [6, 6.07) is 8.08. The highest BCUT2D eigenvalue weighted by atomic mass is 32.2. The number of anilines is 2. The van der Waals surface area contributed by atoms with E-state index in [9.17, 15) is 31.1 Å². The Kier molecular flexibility index (Phi) is 9.66. The van der Waals surface area contributed by atoms with Crippen LogP contribution in [0.15, 0.2) is 48.8 Å². The third kappa shape index (κ3) is 7.26. The Morgan fingerprint density at radius 2 is 1.16 bits per heavy atom. The maximum atomic E-state index is 14.1. The fraction of sp³-hybridized carbons (Fsp3) is 0.379. The summed E-state index contributed by atoms with van der Waals surface area (Å²) < 4.78 is 104. The quantitative estimate of drug-likeness (QED) is 0.122. The molecule has 1 saturated heterocycles. The zero-order valence-electron chi connectivity index (χ0n) is 25.1. The van der Waals surface area contributed by atoms with Gasteiger partial charge in [-0.25, -0.2) is 13.0 Å². The number of ketones is 1. The van der Waals surface area contributed by atoms with Crippen LogP contribution in [-0.2, 0) is 22.0 Å². The van der Waals surface area contributed by atoms with Crippen molar-refractivity contribution in [2.24, 2.45) is 7.05 Å². The molecule has 1 aliphatic heterocycles. The predicted molar refractivity (Wildman–Crippen MR) is 152 cm³/mol. The van der Waals surface area contributed by atoms with Crippen LogP contribution in [0.1, 0.15) is 33.4 Å². The maximum absolute atomic E-state index is 14.1. The van der Waals surface area contributed by atoms with Crippen LogP contribution >= 0.6 is 0 Å². The Morgan fingerprint density at radius 1 is 0.795 bits per heavy atom. The highest BCUT2D eigenvalue weighted by molar-refractivity contribution is 7.86. The lowest BCUT2D eigenvalue weighted by molar-refractivity contribution is -0.670. The van der Waals surface area contributed by atoms with Crippen molar-refractivity contribution in [3.8, 4) is 0 Å². The van der Waals surface area contributed by atoms with E-state index in [1.54, 1.807) is 17.8 Å². The molecule has 0 radical (unpaired) electrons. The number of benzene rings is 2. The molecule has 0 saturated carbocycles. The molecular formula is C29H32F6N4O4S. The lowest BCUT2D eigenvalue weighted by Gasteiger charge is -2.30. The smallest absolute Gasteiger partial charge is 0.485 e. The summed E-state index contributed by atoms with van der Waals surface area (Å²) in [6.07, 6.45) is -0.437. The number of aryl methyl sites for hydroxylation is 7. The molecule has 0 N–H and O–H groups in total. The number of halogens is 6. The number of hydrogen-bond acceptors (Lipinski definition) is 6. The molecule has 15 heteroatoms. The second kappa shape index (κ2) is 12.3. The number of aromatic nitrogens is 2. The van der Waals surface area contributed by atoms with Crippen LogP contribution < -0.4 is 14.4 Å². The molecule has 4 rings (SSSR count). The van der Waals surface area contributed by atoms with Crippen molar-refractivity contribution < 1.29 is 48.7 Å². The van der Waals surface area contributed by atoms with Gasteiger partial charge in [-0.1, -0.05) is 35.4 Å². The molecule has 0 aliphatic carbocycles. The maximum Gasteiger partial charge on any atom is 0.485 e. The van der Waals surface area contributed by atoms with Gasteiger partial charge in [0.2, 0.25) is 12.0 Å². The van der Waals surface area contributed by atoms with E-state index in [-0.39, 0.29) is 5.82 Å². The number of rotatable bonds is 4. The van der Waals surface area contributed by atoms with Gasteiger partial charge in [-0.3, -0.25) is 4.79 Å². The Hall–Kier alpha value is -3.85. The predicted octanol–water partition coefficient (Wildman–Crippen LogP) is 5.50. The molecule has 8 nitrogen and oxygen atoms in total. The van der Waals surface area contributed by atoms with Crippen molar-refractivity contribution in [1.82, 2.24) is 4.57 Å². The molecular weight excluding hydrogens is 614 g/mol. The first-order chi connectivity index (χ1) is 20.0. The fourth-order valence-electron chi connectivity index (χ4n) is 5.50. The molecule has 0 unspecified atom stereocenters. The van der Waals surface area contributed by atoms with Gasteiger partial charge in [0.05, 0.1) is 7.05 Å². The average Bonchev–Trinajstić information content (AvgIpc) is 3.44. The minimum atomic E-state index is -6.09. The van der Waals surface area contributed by atoms with Gasteiger partial charge in [0, 0.05) is 24.5 Å². The molecule has 240 valence electrons. The second-order valence-electron chi connectivity index (χ2n) is 10.7. The van der Waals surface area contributed by atoms with Crippen LogP contribution in [0.5, 0.6) is 0 Å². The van der Waals surface area contributed by atoms with Gasteiger partial charge in [0.25, 0.3) is 0 Å². The topological polar surface area (TPSA) is 89.6 Å². The Labute approximate surface area is 251 Å². The molecule has 1 fully saturated rings. The van der Waals surface area contributed by atoms with Crippen LogP contribution in [0.4, 0.5) is 37.7 Å². The largest absolute Gasteiger partial charge is 0.741 e. The van der Waals surface area contributed by atoms with Crippen molar-refractivity contribution in [2.75, 3.05) is 22.9 Å². The van der Waals surface area contributed by atoms with Gasteiger partial charge in [-0.15, -0.1) is 0 Å². The van der Waals surface area contributed by atoms with E-state index < -0.39 is 33.3 Å². The van der Waals surface area contributed by atoms with Gasteiger partial charge < -0.3 is 14.4 Å². The Bertz CT molecular complexity index is 1610. The summed E-state index contributed by atoms with van der Waals surface area (Å²) in [5, 5.41) is 0. The van der Waals surface area contributed by atoms with Gasteiger partial charge in [0.1, 0.15) is 12.4 Å². The van der Waals surface area contributed by atoms with Crippen LogP contribution in [-0.4, -0.2) is 48.1 Å². The number of Topliss-reactive ketones (excluding diaryl/α,β-unsaturated/α-hetero) is 1. The van der Waals surface area contributed by atoms with E-state index in [1.807, 2.05) is 75.6 Å². The van der Waals surface area contributed by atoms with E-state index in [0.29, 0.717) is 13.1 Å². The molecule has 2 aromatic carbocycles. The summed E-state index contributed by atoms with van der Waals surface area (Å²) in [6.45, 7) is 12.7. The van der Waals surface area contributed by atoms with Crippen molar-refractivity contribution >= 4 is 33.0 Å². The molecule has 1 aliphatic rings. The van der Waals surface area contributed by atoms with Gasteiger partial charge in [-0.2, -0.15) is 30.9 Å². The summed E-state index contributed by atoms with van der Waals surface area (Å²) in [5.41, 5.74) is 1.51. The minimum absolute atomic E-state index is 0.235. The summed E-state index contributed by atoms with van der Waals surface area (Å²) in [7, 11) is -4.38. The lowest BCUT2D eigenvalue weighted by Crippen LogP contribution is -2.35. The fourth-order valence-corrected chi connectivity index (χ4v) is 5.50. The number of hydrogen-bond donors (Lipinski definition) is 0. The van der Waals surface area contributed by atoms with E-state index in [4.69, 9.17) is 13.0 Å². The standard InChI is InChI=1S/C28H32F3N4O.CHF3O3S/c1-17-12-19(3)23(20(4)13-17)34-10-11-35(24-21(5)14-18(2)15-22(24)6)27(34)25(26(36)28(29,30)31)33-9-8-32(7)16-33;2-1(3,4)8(5,6)7/h8-9,12-16H,10-11H2,1-7H3;(H,5,6,7)/q+1;/p-1. The zero-order chi connectivity index (χ0) is 33.5. The van der Waals surface area contributed by atoms with Gasteiger partial charge in [-0.05, 0) is 63.8 Å². The highest BCUT2D eigenvalue weighted by Gasteiger charge is 2.48. The van der Waals surface area contributed by atoms with E-state index >= 15 is 0 Å². The number of alkyl halides is 6. The molecule has 44 heavy (non-hydrogen) atoms. The van der Waals surface area contributed by atoms with Crippen LogP contribution in [0.3, 0.4) is 0 Å². The van der Waals surface area contributed by atoms with Crippen LogP contribution in [0.25, 0.3) is 5.70 Å².